The Kier molecular flexibility index (Phi) is 5.85. The van der Waals surface area contributed by atoms with Crippen LogP contribution in [0.3, 0.4) is 0 Å². The third-order valence-electron chi connectivity index (χ3n) is 3.94. The molecule has 30 heavy (non-hydrogen) atoms. The Morgan fingerprint density at radius 3 is 2.43 bits per heavy atom. The number of ether oxygens (including phenoxy) is 1. The maximum atomic E-state index is 12.0. The maximum Gasteiger partial charge on any atom is 0.330 e. The van der Waals surface area contributed by atoms with Gasteiger partial charge in [0.15, 0.2) is 18.3 Å². The van der Waals surface area contributed by atoms with Crippen LogP contribution in [0.1, 0.15) is 0 Å². The monoisotopic (exact) mass is 420 g/mol. The SMILES string of the molecule is O=C(COC(=O)Cn1nnc(-c2ccccc2)n1)Nc1nc(-c2ccccc2)cs1. The molecule has 0 aliphatic heterocycles. The van der Waals surface area contributed by atoms with Gasteiger partial charge in [-0.3, -0.25) is 10.1 Å². The Labute approximate surface area is 175 Å². The number of rotatable bonds is 7. The van der Waals surface area contributed by atoms with Gasteiger partial charge in [0.25, 0.3) is 5.91 Å². The zero-order chi connectivity index (χ0) is 20.8. The standard InChI is InChI=1S/C20H16N6O3S/c27-17(22-20-21-16(13-30-20)14-7-3-1-4-8-14)12-29-18(28)11-26-24-19(23-25-26)15-9-5-2-6-10-15/h1-10,13H,11-12H2,(H,21,22,27). The summed E-state index contributed by atoms with van der Waals surface area (Å²) < 4.78 is 4.98. The molecule has 0 unspecified atom stereocenters. The molecule has 0 saturated carbocycles. The molecule has 4 aromatic rings. The lowest BCUT2D eigenvalue weighted by Gasteiger charge is -2.04. The van der Waals surface area contributed by atoms with Crippen LogP contribution in [0, 0.1) is 0 Å². The highest BCUT2D eigenvalue weighted by atomic mass is 32.1. The number of hydrogen-bond donors (Lipinski definition) is 1. The highest BCUT2D eigenvalue weighted by Gasteiger charge is 2.13. The lowest BCUT2D eigenvalue weighted by atomic mass is 10.2. The van der Waals surface area contributed by atoms with Gasteiger partial charge in [0.05, 0.1) is 5.69 Å². The fourth-order valence-corrected chi connectivity index (χ4v) is 3.28. The van der Waals surface area contributed by atoms with Crippen molar-refractivity contribution < 1.29 is 14.3 Å². The average Bonchev–Trinajstić information content (AvgIpc) is 3.43. The van der Waals surface area contributed by atoms with Crippen LogP contribution < -0.4 is 5.32 Å². The Balaban J connectivity index is 1.26. The van der Waals surface area contributed by atoms with Gasteiger partial charge in [-0.1, -0.05) is 60.7 Å². The van der Waals surface area contributed by atoms with E-state index in [0.717, 1.165) is 21.6 Å². The molecule has 0 saturated heterocycles. The van der Waals surface area contributed by atoms with E-state index in [1.165, 1.54) is 11.3 Å². The lowest BCUT2D eigenvalue weighted by molar-refractivity contribution is -0.148. The van der Waals surface area contributed by atoms with Gasteiger partial charge in [0.2, 0.25) is 5.82 Å². The van der Waals surface area contributed by atoms with E-state index < -0.39 is 18.5 Å². The number of nitrogens with zero attached hydrogens (tertiary/aromatic N) is 5. The number of tetrazole rings is 1. The van der Waals surface area contributed by atoms with Crippen LogP contribution in [0.5, 0.6) is 0 Å². The smallest absolute Gasteiger partial charge is 0.330 e. The topological polar surface area (TPSA) is 112 Å². The largest absolute Gasteiger partial charge is 0.454 e. The number of amides is 1. The molecule has 0 spiro atoms. The normalized spacial score (nSPS) is 10.5. The van der Waals surface area contributed by atoms with Crippen molar-refractivity contribution in [2.24, 2.45) is 0 Å². The molecule has 4 rings (SSSR count). The number of thiazole rings is 1. The first-order chi connectivity index (χ1) is 14.7. The molecule has 1 N–H and O–H groups in total. The number of carbonyl (C=O) groups excluding carboxylic acids is 2. The second-order valence-corrected chi connectivity index (χ2v) is 6.98. The first kappa shape index (κ1) is 19.4. The molecule has 0 aliphatic rings. The summed E-state index contributed by atoms with van der Waals surface area (Å²) in [5.74, 6) is -0.723. The van der Waals surface area contributed by atoms with Crippen molar-refractivity contribution in [3.8, 4) is 22.6 Å². The van der Waals surface area contributed by atoms with E-state index in [9.17, 15) is 9.59 Å². The van der Waals surface area contributed by atoms with E-state index in [-0.39, 0.29) is 6.54 Å². The molecule has 150 valence electrons. The second kappa shape index (κ2) is 9.05. The molecule has 9 nitrogen and oxygen atoms in total. The summed E-state index contributed by atoms with van der Waals surface area (Å²) in [6, 6.07) is 18.9. The van der Waals surface area contributed by atoms with Gasteiger partial charge in [-0.15, -0.1) is 21.5 Å². The summed E-state index contributed by atoms with van der Waals surface area (Å²) >= 11 is 1.29. The summed E-state index contributed by atoms with van der Waals surface area (Å²) in [7, 11) is 0. The Morgan fingerprint density at radius 1 is 1.00 bits per heavy atom. The molecule has 2 aromatic carbocycles. The highest BCUT2D eigenvalue weighted by molar-refractivity contribution is 7.14. The number of carbonyl (C=O) groups is 2. The van der Waals surface area contributed by atoms with Crippen LogP contribution >= 0.6 is 11.3 Å². The van der Waals surface area contributed by atoms with Gasteiger partial charge in [-0.05, 0) is 5.21 Å². The predicted molar refractivity (Wildman–Crippen MR) is 110 cm³/mol. The molecule has 1 amide bonds. The minimum absolute atomic E-state index is 0.247. The Hall–Kier alpha value is -3.92. The van der Waals surface area contributed by atoms with Gasteiger partial charge in [-0.25, -0.2) is 9.78 Å². The molecule has 0 bridgehead atoms. The van der Waals surface area contributed by atoms with Crippen LogP contribution in [0.25, 0.3) is 22.6 Å². The molecular weight excluding hydrogens is 404 g/mol. The average molecular weight is 420 g/mol. The predicted octanol–water partition coefficient (Wildman–Crippen LogP) is 2.65. The van der Waals surface area contributed by atoms with Crippen LogP contribution in [0.15, 0.2) is 66.0 Å². The van der Waals surface area contributed by atoms with E-state index in [0.29, 0.717) is 11.0 Å². The van der Waals surface area contributed by atoms with E-state index in [2.05, 4.69) is 25.7 Å². The summed E-state index contributed by atoms with van der Waals surface area (Å²) in [6.45, 7) is -0.679. The molecule has 10 heteroatoms. The molecule has 0 fully saturated rings. The molecule has 0 atom stereocenters. The zero-order valence-electron chi connectivity index (χ0n) is 15.6. The van der Waals surface area contributed by atoms with Crippen LogP contribution in [0.4, 0.5) is 5.13 Å². The van der Waals surface area contributed by atoms with Crippen LogP contribution in [0.2, 0.25) is 0 Å². The number of esters is 1. The molecule has 2 heterocycles. The fraction of sp³-hybridized carbons (Fsp3) is 0.100. The van der Waals surface area contributed by atoms with Crippen molar-refractivity contribution in [1.82, 2.24) is 25.2 Å². The van der Waals surface area contributed by atoms with Gasteiger partial charge in [-0.2, -0.15) is 4.80 Å². The highest BCUT2D eigenvalue weighted by Crippen LogP contribution is 2.24. The van der Waals surface area contributed by atoms with E-state index in [4.69, 9.17) is 4.74 Å². The third-order valence-corrected chi connectivity index (χ3v) is 4.70. The van der Waals surface area contributed by atoms with Crippen molar-refractivity contribution in [1.29, 1.82) is 0 Å². The van der Waals surface area contributed by atoms with Crippen molar-refractivity contribution in [2.45, 2.75) is 6.54 Å². The minimum Gasteiger partial charge on any atom is -0.454 e. The van der Waals surface area contributed by atoms with E-state index >= 15 is 0 Å². The van der Waals surface area contributed by atoms with Gasteiger partial charge < -0.3 is 4.74 Å². The summed E-state index contributed by atoms with van der Waals surface area (Å²) in [6.07, 6.45) is 0. The maximum absolute atomic E-state index is 12.0. The second-order valence-electron chi connectivity index (χ2n) is 6.12. The van der Waals surface area contributed by atoms with Gasteiger partial charge in [0.1, 0.15) is 0 Å². The fourth-order valence-electron chi connectivity index (χ4n) is 2.55. The number of aromatic nitrogens is 5. The molecule has 0 aliphatic carbocycles. The number of anilines is 1. The Bertz CT molecular complexity index is 1050. The zero-order valence-corrected chi connectivity index (χ0v) is 16.5. The van der Waals surface area contributed by atoms with Crippen LogP contribution in [-0.2, 0) is 20.9 Å². The summed E-state index contributed by atoms with van der Waals surface area (Å²) in [4.78, 5) is 29.5. The van der Waals surface area contributed by atoms with Gasteiger partial charge in [0, 0.05) is 16.5 Å². The minimum atomic E-state index is -0.647. The number of hydrogen-bond acceptors (Lipinski definition) is 8. The number of nitrogens with one attached hydrogen (secondary N) is 1. The van der Waals surface area contributed by atoms with E-state index in [1.807, 2.05) is 66.0 Å². The van der Waals surface area contributed by atoms with Crippen LogP contribution in [-0.4, -0.2) is 43.7 Å². The van der Waals surface area contributed by atoms with Crippen molar-refractivity contribution in [3.05, 3.63) is 66.0 Å². The van der Waals surface area contributed by atoms with E-state index in [1.54, 1.807) is 0 Å². The third kappa shape index (κ3) is 4.92. The lowest BCUT2D eigenvalue weighted by Crippen LogP contribution is -2.23. The first-order valence-electron chi connectivity index (χ1n) is 8.97. The molecule has 2 aromatic heterocycles. The Morgan fingerprint density at radius 2 is 1.70 bits per heavy atom. The molecular formula is C20H16N6O3S. The van der Waals surface area contributed by atoms with Crippen molar-refractivity contribution in [2.75, 3.05) is 11.9 Å². The quantitative estimate of drug-likeness (QED) is 0.457. The van der Waals surface area contributed by atoms with Gasteiger partial charge >= 0.3 is 5.97 Å². The summed E-state index contributed by atoms with van der Waals surface area (Å²) in [5.41, 5.74) is 2.50. The first-order valence-corrected chi connectivity index (χ1v) is 9.85. The van der Waals surface area contributed by atoms with Crippen molar-refractivity contribution >= 4 is 28.3 Å². The number of benzene rings is 2. The molecule has 0 radical (unpaired) electrons. The summed E-state index contributed by atoms with van der Waals surface area (Å²) in [5, 5.41) is 16.8. The van der Waals surface area contributed by atoms with Crippen molar-refractivity contribution in [3.63, 3.8) is 0 Å².